The van der Waals surface area contributed by atoms with Gasteiger partial charge in [0.2, 0.25) is 5.91 Å². The second-order valence-electron chi connectivity index (χ2n) is 5.89. The predicted molar refractivity (Wildman–Crippen MR) is 92.7 cm³/mol. The van der Waals surface area contributed by atoms with Crippen LogP contribution >= 0.6 is 0 Å². The summed E-state index contributed by atoms with van der Waals surface area (Å²) in [6.07, 6.45) is 2.09. The Kier molecular flexibility index (Phi) is 8.68. The van der Waals surface area contributed by atoms with Crippen LogP contribution in [0.3, 0.4) is 0 Å². The van der Waals surface area contributed by atoms with E-state index in [4.69, 9.17) is 21.3 Å². The monoisotopic (exact) mass is 371 g/mol. The van der Waals surface area contributed by atoms with Crippen LogP contribution in [-0.2, 0) is 20.9 Å². The molecule has 2 atom stereocenters. The molecule has 0 spiro atoms. The first-order valence-corrected chi connectivity index (χ1v) is 8.10. The lowest BCUT2D eigenvalue weighted by atomic mass is 10.1. The van der Waals surface area contributed by atoms with Crippen molar-refractivity contribution in [2.75, 3.05) is 19.8 Å². The number of aliphatic carboxylic acids is 1. The van der Waals surface area contributed by atoms with E-state index in [1.54, 1.807) is 6.92 Å². The minimum Gasteiger partial charge on any atom is -0.480 e. The number of carboxylic acid groups (broad SMARTS) is 1. The molecule has 11 nitrogen and oxygen atoms in total. The first-order valence-electron chi connectivity index (χ1n) is 8.10. The highest BCUT2D eigenvalue weighted by atomic mass is 16.5. The summed E-state index contributed by atoms with van der Waals surface area (Å²) in [4.78, 5) is 47.9. The number of rotatable bonds is 11. The summed E-state index contributed by atoms with van der Waals surface area (Å²) in [6, 6.07) is -1.62. The summed E-state index contributed by atoms with van der Waals surface area (Å²) in [5.74, 6) is -1.73. The van der Waals surface area contributed by atoms with E-state index in [9.17, 15) is 19.2 Å². The summed E-state index contributed by atoms with van der Waals surface area (Å²) < 4.78 is 6.41. The number of nitrogens with two attached hydrogens (primary N) is 2. The third-order valence-corrected chi connectivity index (χ3v) is 3.52. The maximum atomic E-state index is 11.7. The van der Waals surface area contributed by atoms with E-state index in [1.807, 2.05) is 0 Å². The minimum absolute atomic E-state index is 0.0292. The molecule has 1 aromatic heterocycles. The molecule has 0 saturated heterocycles. The number of aryl methyl sites for hydroxylation is 1. The van der Waals surface area contributed by atoms with Crippen LogP contribution in [-0.4, -0.2) is 58.4 Å². The Hall–Kier alpha value is -2.50. The van der Waals surface area contributed by atoms with Gasteiger partial charge in [-0.2, -0.15) is 0 Å². The average Bonchev–Trinajstić information content (AvgIpc) is 2.56. The summed E-state index contributed by atoms with van der Waals surface area (Å²) in [7, 11) is 0. The van der Waals surface area contributed by atoms with Crippen molar-refractivity contribution in [3.8, 4) is 0 Å². The summed E-state index contributed by atoms with van der Waals surface area (Å²) >= 11 is 0. The molecule has 0 aromatic carbocycles. The summed E-state index contributed by atoms with van der Waals surface area (Å²) in [6.45, 7) is 1.59. The highest BCUT2D eigenvalue weighted by Crippen LogP contribution is 1.97. The number of nitrogens with one attached hydrogen (secondary N) is 2. The van der Waals surface area contributed by atoms with Crippen LogP contribution in [0.15, 0.2) is 15.8 Å². The molecular weight excluding hydrogens is 346 g/mol. The van der Waals surface area contributed by atoms with Gasteiger partial charge in [-0.3, -0.25) is 19.1 Å². The molecule has 0 saturated carbocycles. The maximum absolute atomic E-state index is 11.7. The lowest BCUT2D eigenvalue weighted by Crippen LogP contribution is -2.43. The number of carboxylic acids is 1. The van der Waals surface area contributed by atoms with Gasteiger partial charge in [-0.15, -0.1) is 0 Å². The predicted octanol–water partition coefficient (Wildman–Crippen LogP) is -2.50. The molecule has 1 amide bonds. The molecule has 0 aliphatic rings. The smallest absolute Gasteiger partial charge is 0.328 e. The van der Waals surface area contributed by atoms with Gasteiger partial charge in [-0.1, -0.05) is 0 Å². The molecule has 0 fully saturated rings. The standard InChI is InChI=1S/C15H25N5O6/c1-9-5-20(15(25)19-13(9)22)6-10(17)7-26-8-12(21)18-11(14(23)24)3-2-4-16/h5,10-11H,2-4,6-8,16-17H2,1H3,(H,18,21)(H,23,24)(H,19,22,25). The Morgan fingerprint density at radius 3 is 2.73 bits per heavy atom. The van der Waals surface area contributed by atoms with E-state index >= 15 is 0 Å². The SMILES string of the molecule is Cc1cn(CC(N)COCC(=O)NC(CCCN)C(=O)O)c(=O)[nH]c1=O. The number of hydrogen-bond acceptors (Lipinski definition) is 7. The van der Waals surface area contributed by atoms with Gasteiger partial charge in [-0.05, 0) is 26.3 Å². The number of nitrogens with zero attached hydrogens (tertiary/aromatic N) is 1. The van der Waals surface area contributed by atoms with E-state index in [1.165, 1.54) is 10.8 Å². The fourth-order valence-electron chi connectivity index (χ4n) is 2.18. The van der Waals surface area contributed by atoms with Crippen LogP contribution in [0.2, 0.25) is 0 Å². The second-order valence-corrected chi connectivity index (χ2v) is 5.89. The van der Waals surface area contributed by atoms with E-state index in [-0.39, 0.29) is 26.2 Å². The summed E-state index contributed by atoms with van der Waals surface area (Å²) in [5, 5.41) is 11.4. The lowest BCUT2D eigenvalue weighted by Gasteiger charge is -2.16. The second kappa shape index (κ2) is 10.5. The van der Waals surface area contributed by atoms with Crippen molar-refractivity contribution < 1.29 is 19.4 Å². The van der Waals surface area contributed by atoms with Crippen molar-refractivity contribution in [1.29, 1.82) is 0 Å². The lowest BCUT2D eigenvalue weighted by molar-refractivity contribution is -0.142. The third kappa shape index (κ3) is 7.17. The molecule has 26 heavy (non-hydrogen) atoms. The first kappa shape index (κ1) is 21.5. The number of aromatic nitrogens is 2. The quantitative estimate of drug-likeness (QED) is 0.283. The van der Waals surface area contributed by atoms with Gasteiger partial charge < -0.3 is 26.6 Å². The van der Waals surface area contributed by atoms with Crippen molar-refractivity contribution in [2.24, 2.45) is 11.5 Å². The Labute approximate surface area is 149 Å². The van der Waals surface area contributed by atoms with Gasteiger partial charge in [-0.25, -0.2) is 9.59 Å². The number of hydrogen-bond donors (Lipinski definition) is 5. The fourth-order valence-corrected chi connectivity index (χ4v) is 2.18. The topological polar surface area (TPSA) is 183 Å². The van der Waals surface area contributed by atoms with E-state index < -0.39 is 35.2 Å². The summed E-state index contributed by atoms with van der Waals surface area (Å²) in [5.41, 5.74) is 10.5. The van der Waals surface area contributed by atoms with Crippen LogP contribution in [0, 0.1) is 6.92 Å². The number of aromatic amines is 1. The van der Waals surface area contributed by atoms with Crippen molar-refractivity contribution >= 4 is 11.9 Å². The molecule has 7 N–H and O–H groups in total. The Morgan fingerprint density at radius 2 is 2.12 bits per heavy atom. The van der Waals surface area contributed by atoms with Gasteiger partial charge in [0.05, 0.1) is 6.61 Å². The van der Waals surface area contributed by atoms with Crippen LogP contribution in [0.5, 0.6) is 0 Å². The fraction of sp³-hybridized carbons (Fsp3) is 0.600. The Bertz CT molecular complexity index is 728. The van der Waals surface area contributed by atoms with Crippen molar-refractivity contribution in [1.82, 2.24) is 14.9 Å². The molecule has 1 aromatic rings. The van der Waals surface area contributed by atoms with Gasteiger partial charge >= 0.3 is 11.7 Å². The molecule has 11 heteroatoms. The number of H-pyrrole nitrogens is 1. The normalized spacial score (nSPS) is 13.2. The van der Waals surface area contributed by atoms with Crippen molar-refractivity contribution in [2.45, 2.75) is 38.4 Å². The average molecular weight is 371 g/mol. The zero-order valence-electron chi connectivity index (χ0n) is 14.6. The Balaban J connectivity index is 2.43. The largest absolute Gasteiger partial charge is 0.480 e. The molecule has 0 radical (unpaired) electrons. The molecule has 1 rings (SSSR count). The van der Waals surface area contributed by atoms with E-state index in [2.05, 4.69) is 10.3 Å². The molecule has 0 aliphatic carbocycles. The zero-order valence-corrected chi connectivity index (χ0v) is 14.6. The number of carbonyl (C=O) groups excluding carboxylic acids is 1. The number of ether oxygens (including phenoxy) is 1. The number of carbonyl (C=O) groups is 2. The van der Waals surface area contributed by atoms with Crippen LogP contribution < -0.4 is 28.0 Å². The van der Waals surface area contributed by atoms with Gasteiger partial charge in [0.15, 0.2) is 0 Å². The van der Waals surface area contributed by atoms with E-state index in [0.717, 1.165) is 0 Å². The minimum atomic E-state index is -1.14. The first-order chi connectivity index (χ1) is 12.2. The Morgan fingerprint density at radius 1 is 1.42 bits per heavy atom. The van der Waals surface area contributed by atoms with Crippen LogP contribution in [0.4, 0.5) is 0 Å². The van der Waals surface area contributed by atoms with E-state index in [0.29, 0.717) is 18.5 Å². The molecular formula is C15H25N5O6. The van der Waals surface area contributed by atoms with Crippen LogP contribution in [0.1, 0.15) is 18.4 Å². The highest BCUT2D eigenvalue weighted by Gasteiger charge is 2.19. The number of amides is 1. The third-order valence-electron chi connectivity index (χ3n) is 3.52. The van der Waals surface area contributed by atoms with Gasteiger partial charge in [0.25, 0.3) is 5.56 Å². The molecule has 0 bridgehead atoms. The molecule has 146 valence electrons. The van der Waals surface area contributed by atoms with Gasteiger partial charge in [0.1, 0.15) is 12.6 Å². The highest BCUT2D eigenvalue weighted by molar-refractivity contribution is 5.84. The molecule has 0 aliphatic heterocycles. The molecule has 2 unspecified atom stereocenters. The van der Waals surface area contributed by atoms with Crippen LogP contribution in [0.25, 0.3) is 0 Å². The zero-order chi connectivity index (χ0) is 19.7. The van der Waals surface area contributed by atoms with Crippen molar-refractivity contribution in [3.05, 3.63) is 32.6 Å². The maximum Gasteiger partial charge on any atom is 0.328 e. The molecule has 1 heterocycles. The van der Waals surface area contributed by atoms with Crippen molar-refractivity contribution in [3.63, 3.8) is 0 Å². The van der Waals surface area contributed by atoms with Gasteiger partial charge in [0, 0.05) is 24.3 Å².